The summed E-state index contributed by atoms with van der Waals surface area (Å²) in [6.45, 7) is 5.64. The molecular formula is C24H37FO2. The Kier molecular flexibility index (Phi) is 4.71. The van der Waals surface area contributed by atoms with Gasteiger partial charge in [-0.25, -0.2) is 4.39 Å². The van der Waals surface area contributed by atoms with Gasteiger partial charge in [0.1, 0.15) is 6.17 Å². The second kappa shape index (κ2) is 6.83. The van der Waals surface area contributed by atoms with Gasteiger partial charge in [-0.1, -0.05) is 31.9 Å². The summed E-state index contributed by atoms with van der Waals surface area (Å²) in [4.78, 5) is 0. The molecule has 7 unspecified atom stereocenters. The molecule has 5 aliphatic rings. The van der Waals surface area contributed by atoms with Crippen molar-refractivity contribution in [1.29, 1.82) is 0 Å². The van der Waals surface area contributed by atoms with E-state index in [0.29, 0.717) is 23.7 Å². The Labute approximate surface area is 164 Å². The van der Waals surface area contributed by atoms with Gasteiger partial charge < -0.3 is 9.47 Å². The number of hydrogen-bond donors (Lipinski definition) is 0. The molecule has 3 saturated carbocycles. The van der Waals surface area contributed by atoms with Crippen LogP contribution in [0.25, 0.3) is 0 Å². The molecule has 0 bridgehead atoms. The van der Waals surface area contributed by atoms with Crippen molar-refractivity contribution in [1.82, 2.24) is 0 Å². The van der Waals surface area contributed by atoms with Crippen LogP contribution in [0.5, 0.6) is 0 Å². The molecular weight excluding hydrogens is 339 g/mol. The molecule has 2 nitrogen and oxygen atoms in total. The van der Waals surface area contributed by atoms with E-state index in [-0.39, 0.29) is 17.8 Å². The molecule has 0 N–H and O–H groups in total. The molecule has 1 saturated heterocycles. The van der Waals surface area contributed by atoms with Crippen LogP contribution in [0.4, 0.5) is 4.39 Å². The Morgan fingerprint density at radius 3 is 2.78 bits per heavy atom. The predicted octanol–water partition coefficient (Wildman–Crippen LogP) is 6.20. The maximum Gasteiger partial charge on any atom is 0.158 e. The molecule has 0 amide bonds. The zero-order valence-corrected chi connectivity index (χ0v) is 17.2. The SMILES string of the molecule is CC12CCCCC1=CCC1C2CCC2(C)C1C[C@@H](F)C2OC1CCCCO1. The summed E-state index contributed by atoms with van der Waals surface area (Å²) in [5, 5.41) is 0. The largest absolute Gasteiger partial charge is 0.353 e. The molecule has 3 heteroatoms. The van der Waals surface area contributed by atoms with Crippen LogP contribution in [0.1, 0.15) is 84.5 Å². The fourth-order valence-corrected chi connectivity index (χ4v) is 7.85. The van der Waals surface area contributed by atoms with Crippen LogP contribution >= 0.6 is 0 Å². The third-order valence-electron chi connectivity index (χ3n) is 9.35. The second-order valence-corrected chi connectivity index (χ2v) is 10.6. The molecule has 0 aromatic rings. The predicted molar refractivity (Wildman–Crippen MR) is 105 cm³/mol. The van der Waals surface area contributed by atoms with Crippen molar-refractivity contribution in [2.75, 3.05) is 6.61 Å². The first kappa shape index (κ1) is 18.6. The van der Waals surface area contributed by atoms with Crippen LogP contribution in [0.3, 0.4) is 0 Å². The van der Waals surface area contributed by atoms with Gasteiger partial charge in [0, 0.05) is 6.61 Å². The highest BCUT2D eigenvalue weighted by atomic mass is 19.1. The lowest BCUT2D eigenvalue weighted by Gasteiger charge is -2.57. The van der Waals surface area contributed by atoms with E-state index in [1.54, 1.807) is 5.57 Å². The molecule has 0 radical (unpaired) electrons. The van der Waals surface area contributed by atoms with Gasteiger partial charge in [-0.3, -0.25) is 0 Å². The highest BCUT2D eigenvalue weighted by molar-refractivity contribution is 5.24. The summed E-state index contributed by atoms with van der Waals surface area (Å²) in [6.07, 6.45) is 14.1. The lowest BCUT2D eigenvalue weighted by atomic mass is 9.48. The Morgan fingerprint density at radius 1 is 1.07 bits per heavy atom. The van der Waals surface area contributed by atoms with Gasteiger partial charge in [0.25, 0.3) is 0 Å². The van der Waals surface area contributed by atoms with E-state index in [9.17, 15) is 0 Å². The molecule has 4 fully saturated rings. The van der Waals surface area contributed by atoms with Gasteiger partial charge in [0.15, 0.2) is 6.29 Å². The van der Waals surface area contributed by atoms with Gasteiger partial charge in [-0.15, -0.1) is 0 Å². The van der Waals surface area contributed by atoms with Gasteiger partial charge in [0.2, 0.25) is 0 Å². The standard InChI is InChI=1S/C24H37FO2/c1-23-12-5-3-7-16(23)9-10-17-18(23)11-13-24(2)19(17)15-20(25)22(24)27-21-8-4-6-14-26-21/h9,17-22H,3-8,10-15H2,1-2H3/t17?,18?,19?,20-,21?,22?,23?,24?/m1/s1. The zero-order chi connectivity index (χ0) is 18.6. The zero-order valence-electron chi connectivity index (χ0n) is 17.2. The number of fused-ring (bicyclic) bond motifs is 5. The molecule has 8 atom stereocenters. The van der Waals surface area contributed by atoms with Crippen LogP contribution < -0.4 is 0 Å². The minimum absolute atomic E-state index is 0.0161. The van der Waals surface area contributed by atoms with Crippen LogP contribution in [-0.2, 0) is 9.47 Å². The first-order chi connectivity index (χ1) is 13.0. The smallest absolute Gasteiger partial charge is 0.158 e. The highest BCUT2D eigenvalue weighted by Crippen LogP contribution is 2.65. The van der Waals surface area contributed by atoms with Crippen molar-refractivity contribution in [3.63, 3.8) is 0 Å². The van der Waals surface area contributed by atoms with Gasteiger partial charge in [-0.05, 0) is 92.8 Å². The topological polar surface area (TPSA) is 18.5 Å². The molecule has 0 spiro atoms. The minimum atomic E-state index is -0.825. The quantitative estimate of drug-likeness (QED) is 0.534. The molecule has 0 aromatic heterocycles. The summed E-state index contributed by atoms with van der Waals surface area (Å²) in [6, 6.07) is 0. The summed E-state index contributed by atoms with van der Waals surface area (Å²) < 4.78 is 27.4. The second-order valence-electron chi connectivity index (χ2n) is 10.6. The summed E-state index contributed by atoms with van der Waals surface area (Å²) in [5.74, 6) is 1.87. The number of rotatable bonds is 2. The molecule has 5 rings (SSSR count). The molecule has 1 aliphatic heterocycles. The van der Waals surface area contributed by atoms with Crippen molar-refractivity contribution in [2.45, 2.75) is 103 Å². The first-order valence-electron chi connectivity index (χ1n) is 11.6. The molecule has 0 aromatic carbocycles. The Bertz CT molecular complexity index is 597. The number of ether oxygens (including phenoxy) is 2. The highest BCUT2D eigenvalue weighted by Gasteiger charge is 2.62. The summed E-state index contributed by atoms with van der Waals surface area (Å²) in [5.41, 5.74) is 2.11. The van der Waals surface area contributed by atoms with Crippen LogP contribution in [0.2, 0.25) is 0 Å². The molecule has 152 valence electrons. The van der Waals surface area contributed by atoms with Crippen molar-refractivity contribution in [2.24, 2.45) is 28.6 Å². The summed E-state index contributed by atoms with van der Waals surface area (Å²) in [7, 11) is 0. The third kappa shape index (κ3) is 2.86. The summed E-state index contributed by atoms with van der Waals surface area (Å²) >= 11 is 0. The number of alkyl halides is 1. The average molecular weight is 377 g/mol. The molecule has 1 heterocycles. The van der Waals surface area contributed by atoms with Crippen LogP contribution in [-0.4, -0.2) is 25.2 Å². The monoisotopic (exact) mass is 376 g/mol. The number of allylic oxidation sites excluding steroid dienone is 2. The first-order valence-corrected chi connectivity index (χ1v) is 11.6. The van der Waals surface area contributed by atoms with Gasteiger partial charge >= 0.3 is 0 Å². The Hall–Kier alpha value is -0.410. The van der Waals surface area contributed by atoms with E-state index in [0.717, 1.165) is 38.2 Å². The van der Waals surface area contributed by atoms with E-state index in [4.69, 9.17) is 9.47 Å². The molecule has 27 heavy (non-hydrogen) atoms. The van der Waals surface area contributed by atoms with Crippen molar-refractivity contribution in [3.8, 4) is 0 Å². The average Bonchev–Trinajstić information content (AvgIpc) is 2.93. The lowest BCUT2D eigenvalue weighted by Crippen LogP contribution is -2.51. The van der Waals surface area contributed by atoms with Gasteiger partial charge in [0.05, 0.1) is 6.10 Å². The van der Waals surface area contributed by atoms with Gasteiger partial charge in [-0.2, -0.15) is 0 Å². The van der Waals surface area contributed by atoms with E-state index < -0.39 is 6.17 Å². The van der Waals surface area contributed by atoms with E-state index >= 15 is 4.39 Å². The number of halogens is 1. The minimum Gasteiger partial charge on any atom is -0.353 e. The van der Waals surface area contributed by atoms with Crippen molar-refractivity contribution in [3.05, 3.63) is 11.6 Å². The van der Waals surface area contributed by atoms with Crippen molar-refractivity contribution >= 4 is 0 Å². The van der Waals surface area contributed by atoms with Crippen LogP contribution in [0, 0.1) is 28.6 Å². The number of hydrogen-bond acceptors (Lipinski definition) is 2. The van der Waals surface area contributed by atoms with E-state index in [1.807, 2.05) is 0 Å². The lowest BCUT2D eigenvalue weighted by molar-refractivity contribution is -0.223. The van der Waals surface area contributed by atoms with E-state index in [2.05, 4.69) is 19.9 Å². The van der Waals surface area contributed by atoms with Crippen molar-refractivity contribution < 1.29 is 13.9 Å². The maximum absolute atomic E-state index is 15.3. The Morgan fingerprint density at radius 2 is 1.96 bits per heavy atom. The Balaban J connectivity index is 1.39. The fourth-order valence-electron chi connectivity index (χ4n) is 7.85. The maximum atomic E-state index is 15.3. The third-order valence-corrected chi connectivity index (χ3v) is 9.35. The van der Waals surface area contributed by atoms with Crippen LogP contribution in [0.15, 0.2) is 11.6 Å². The fraction of sp³-hybridized carbons (Fsp3) is 0.917. The van der Waals surface area contributed by atoms with E-state index in [1.165, 1.54) is 38.5 Å². The normalized spacial score (nSPS) is 52.5. The molecule has 4 aliphatic carbocycles.